The first-order chi connectivity index (χ1) is 4.85. The number of hydrogen-bond acceptors (Lipinski definition) is 2. The topological polar surface area (TPSA) is 74.6 Å². The van der Waals surface area contributed by atoms with Crippen molar-refractivity contribution in [2.75, 3.05) is 12.3 Å². The predicted octanol–water partition coefficient (Wildman–Crippen LogP) is 1.39. The van der Waals surface area contributed by atoms with Crippen LogP contribution in [0.5, 0.6) is 0 Å². The van der Waals surface area contributed by atoms with Gasteiger partial charge in [-0.05, 0) is 0 Å². The molecule has 0 heterocycles. The van der Waals surface area contributed by atoms with Crippen molar-refractivity contribution in [1.82, 2.24) is 0 Å². The van der Waals surface area contributed by atoms with E-state index in [0.29, 0.717) is 12.3 Å². The van der Waals surface area contributed by atoms with Crippen LogP contribution in [0, 0.1) is 0 Å². The zero-order valence-electron chi connectivity index (χ0n) is 7.07. The second-order valence-electron chi connectivity index (χ2n) is 2.00. The van der Waals surface area contributed by atoms with Gasteiger partial charge in [0.25, 0.3) is 5.97 Å². The van der Waals surface area contributed by atoms with Crippen molar-refractivity contribution in [3.05, 3.63) is 0 Å². The largest absolute Gasteiger partial charge is 0.481 e. The molecule has 0 aliphatic heterocycles. The van der Waals surface area contributed by atoms with Gasteiger partial charge in [-0.3, -0.25) is 9.36 Å². The molecule has 0 aromatic heterocycles. The first kappa shape index (κ1) is 13.3. The molecule has 2 N–H and O–H groups in total. The molecule has 0 fully saturated rings. The van der Waals surface area contributed by atoms with Crippen molar-refractivity contribution in [2.24, 2.45) is 0 Å². The summed E-state index contributed by atoms with van der Waals surface area (Å²) in [7, 11) is -2.65. The molecule has 0 bridgehead atoms. The molecular weight excluding hydrogens is 167 g/mol. The van der Waals surface area contributed by atoms with E-state index in [1.54, 1.807) is 13.8 Å². The molecule has 11 heavy (non-hydrogen) atoms. The molecule has 0 saturated heterocycles. The Morgan fingerprint density at radius 3 is 1.55 bits per heavy atom. The van der Waals surface area contributed by atoms with E-state index in [-0.39, 0.29) is 0 Å². The monoisotopic (exact) mass is 182 g/mol. The molecule has 0 saturated carbocycles. The van der Waals surface area contributed by atoms with Crippen molar-refractivity contribution in [1.29, 1.82) is 0 Å². The minimum absolute atomic E-state index is 0.406. The summed E-state index contributed by atoms with van der Waals surface area (Å²) in [5.41, 5.74) is 0. The van der Waals surface area contributed by atoms with Crippen LogP contribution in [-0.2, 0) is 9.36 Å². The summed E-state index contributed by atoms with van der Waals surface area (Å²) in [6.45, 7) is 4.54. The fourth-order valence-electron chi connectivity index (χ4n) is 0.224. The maximum absolute atomic E-state index is 10.5. The van der Waals surface area contributed by atoms with Crippen molar-refractivity contribution < 1.29 is 19.4 Å². The summed E-state index contributed by atoms with van der Waals surface area (Å²) in [4.78, 5) is 17.7. The van der Waals surface area contributed by atoms with Crippen LogP contribution < -0.4 is 0 Å². The van der Waals surface area contributed by atoms with Gasteiger partial charge in [-0.25, -0.2) is 0 Å². The number of carboxylic acids is 1. The van der Waals surface area contributed by atoms with E-state index in [0.717, 1.165) is 6.92 Å². The fraction of sp³-hybridized carbons (Fsp3) is 0.833. The Hall–Kier alpha value is -0.340. The Morgan fingerprint density at radius 1 is 1.36 bits per heavy atom. The first-order valence-corrected chi connectivity index (χ1v) is 5.39. The van der Waals surface area contributed by atoms with Gasteiger partial charge in [0.1, 0.15) is 0 Å². The average molecular weight is 182 g/mol. The third-order valence-electron chi connectivity index (χ3n) is 0.988. The summed E-state index contributed by atoms with van der Waals surface area (Å²) in [5.74, 6) is -0.833. The van der Waals surface area contributed by atoms with Gasteiger partial charge in [0.2, 0.25) is 0 Å². The second kappa shape index (κ2) is 6.38. The van der Waals surface area contributed by atoms with Gasteiger partial charge in [-0.15, -0.1) is 0 Å². The van der Waals surface area contributed by atoms with Crippen LogP contribution in [0.4, 0.5) is 0 Å². The molecule has 0 unspecified atom stereocenters. The van der Waals surface area contributed by atoms with Gasteiger partial charge in [-0.2, -0.15) is 0 Å². The molecule has 0 aromatic carbocycles. The molecule has 68 valence electrons. The first-order valence-electron chi connectivity index (χ1n) is 3.36. The van der Waals surface area contributed by atoms with Crippen LogP contribution in [0.3, 0.4) is 0 Å². The standard InChI is InChI=1S/C4H11O2P.C2H4O2/c1-3-7(5,6)4-2;1-2(3)4/h3-4H2,1-2H3,(H,5,6);1H3,(H,3,4). The quantitative estimate of drug-likeness (QED) is 0.633. The van der Waals surface area contributed by atoms with E-state index in [4.69, 9.17) is 14.8 Å². The number of hydrogen-bond donors (Lipinski definition) is 2. The minimum Gasteiger partial charge on any atom is -0.481 e. The van der Waals surface area contributed by atoms with Crippen molar-refractivity contribution in [2.45, 2.75) is 20.8 Å². The summed E-state index contributed by atoms with van der Waals surface area (Å²) in [5, 5.41) is 7.42. The van der Waals surface area contributed by atoms with Crippen LogP contribution in [0.15, 0.2) is 0 Å². The Kier molecular flexibility index (Phi) is 7.69. The summed E-state index contributed by atoms with van der Waals surface area (Å²) in [6, 6.07) is 0. The number of carboxylic acid groups (broad SMARTS) is 1. The molecule has 0 radical (unpaired) electrons. The highest BCUT2D eigenvalue weighted by Gasteiger charge is 2.08. The van der Waals surface area contributed by atoms with Gasteiger partial charge in [0.05, 0.1) is 0 Å². The molecular formula is C6H15O4P. The van der Waals surface area contributed by atoms with E-state index < -0.39 is 13.3 Å². The Bertz CT molecular complexity index is 143. The maximum atomic E-state index is 10.5. The Labute approximate surface area is 66.7 Å². The molecule has 4 nitrogen and oxygen atoms in total. The fourth-order valence-corrected chi connectivity index (χ4v) is 0.671. The van der Waals surface area contributed by atoms with Crippen molar-refractivity contribution in [3.63, 3.8) is 0 Å². The van der Waals surface area contributed by atoms with E-state index >= 15 is 0 Å². The van der Waals surface area contributed by atoms with E-state index in [9.17, 15) is 4.57 Å². The molecule has 5 heteroatoms. The maximum Gasteiger partial charge on any atom is 0.300 e. The molecule has 0 rings (SSSR count). The van der Waals surface area contributed by atoms with Crippen LogP contribution in [0.1, 0.15) is 20.8 Å². The molecule has 0 aliphatic carbocycles. The van der Waals surface area contributed by atoms with Crippen LogP contribution >= 0.6 is 7.37 Å². The van der Waals surface area contributed by atoms with Gasteiger partial charge in [0.15, 0.2) is 7.37 Å². The summed E-state index contributed by atoms with van der Waals surface area (Å²) in [6.07, 6.45) is 0.812. The lowest BCUT2D eigenvalue weighted by Crippen LogP contribution is -1.84. The summed E-state index contributed by atoms with van der Waals surface area (Å²) >= 11 is 0. The third kappa shape index (κ3) is 17.7. The molecule has 0 aromatic rings. The normalized spacial score (nSPS) is 9.82. The smallest absolute Gasteiger partial charge is 0.300 e. The zero-order chi connectivity index (χ0) is 9.49. The van der Waals surface area contributed by atoms with E-state index in [1.807, 2.05) is 0 Å². The lowest BCUT2D eigenvalue weighted by Gasteiger charge is -2.01. The molecule has 0 spiro atoms. The predicted molar refractivity (Wildman–Crippen MR) is 44.2 cm³/mol. The van der Waals surface area contributed by atoms with Gasteiger partial charge in [-0.1, -0.05) is 13.8 Å². The number of carbonyl (C=O) groups is 1. The third-order valence-corrected chi connectivity index (χ3v) is 2.96. The minimum atomic E-state index is -2.65. The second-order valence-corrected chi connectivity index (χ2v) is 4.96. The summed E-state index contributed by atoms with van der Waals surface area (Å²) < 4.78 is 10.5. The van der Waals surface area contributed by atoms with Crippen molar-refractivity contribution in [3.8, 4) is 0 Å². The van der Waals surface area contributed by atoms with Gasteiger partial charge >= 0.3 is 0 Å². The SMILES string of the molecule is CC(=O)O.CCP(=O)(O)CC. The average Bonchev–Trinajstić information content (AvgIpc) is 1.87. The number of rotatable bonds is 2. The van der Waals surface area contributed by atoms with Crippen LogP contribution in [0.25, 0.3) is 0 Å². The van der Waals surface area contributed by atoms with Crippen molar-refractivity contribution >= 4 is 13.3 Å². The van der Waals surface area contributed by atoms with E-state index in [2.05, 4.69) is 0 Å². The molecule has 0 atom stereocenters. The number of aliphatic carboxylic acids is 1. The molecule has 0 amide bonds. The highest BCUT2D eigenvalue weighted by Crippen LogP contribution is 2.38. The highest BCUT2D eigenvalue weighted by molar-refractivity contribution is 7.57. The van der Waals surface area contributed by atoms with Gasteiger partial charge in [0, 0.05) is 19.2 Å². The van der Waals surface area contributed by atoms with Crippen LogP contribution in [0.2, 0.25) is 0 Å². The Balaban J connectivity index is 0. The van der Waals surface area contributed by atoms with Gasteiger partial charge < -0.3 is 10.00 Å². The lowest BCUT2D eigenvalue weighted by atomic mass is 10.9. The molecule has 0 aliphatic rings. The van der Waals surface area contributed by atoms with E-state index in [1.165, 1.54) is 0 Å². The Morgan fingerprint density at radius 2 is 1.55 bits per heavy atom. The van der Waals surface area contributed by atoms with Crippen LogP contribution in [-0.4, -0.2) is 28.3 Å². The zero-order valence-corrected chi connectivity index (χ0v) is 7.97. The lowest BCUT2D eigenvalue weighted by molar-refractivity contribution is -0.134. The highest BCUT2D eigenvalue weighted by atomic mass is 31.2.